The molecule has 3 N–H and O–H groups in total. The topological polar surface area (TPSA) is 163 Å². The van der Waals surface area contributed by atoms with Crippen LogP contribution in [0, 0.1) is 0 Å². The van der Waals surface area contributed by atoms with E-state index in [0.29, 0.717) is 34.0 Å². The first-order valence-electron chi connectivity index (χ1n) is 10.4. The predicted octanol–water partition coefficient (Wildman–Crippen LogP) is 2.62. The van der Waals surface area contributed by atoms with Gasteiger partial charge in [0.05, 0.1) is 32.8 Å². The Morgan fingerprint density at radius 3 is 2.19 bits per heavy atom. The quantitative estimate of drug-likeness (QED) is 0.376. The van der Waals surface area contributed by atoms with E-state index in [1.807, 2.05) is 0 Å². The molecule has 2 aromatic rings. The van der Waals surface area contributed by atoms with Gasteiger partial charge in [-0.15, -0.1) is 0 Å². The van der Waals surface area contributed by atoms with Crippen LogP contribution < -0.4 is 15.1 Å². The third kappa shape index (κ3) is 5.01. The number of likely N-dealkylation sites (N-methyl/N-ethyl adjacent to an activating group) is 1. The first-order chi connectivity index (χ1) is 16.9. The lowest BCUT2D eigenvalue weighted by atomic mass is 10.1. The lowest BCUT2D eigenvalue weighted by Crippen LogP contribution is -2.21. The number of carbonyl (C=O) groups excluding carboxylic acids is 1. The maximum atomic E-state index is 12.8. The second-order valence-electron chi connectivity index (χ2n) is 7.80. The second kappa shape index (κ2) is 9.44. The van der Waals surface area contributed by atoms with Gasteiger partial charge >= 0.3 is 0 Å². The molecule has 1 amide bonds. The van der Waals surface area contributed by atoms with Crippen molar-refractivity contribution in [3.05, 3.63) is 83.7 Å². The van der Waals surface area contributed by atoms with Crippen molar-refractivity contribution in [1.82, 2.24) is 5.32 Å². The van der Waals surface area contributed by atoms with Gasteiger partial charge in [0.1, 0.15) is 11.5 Å². The summed E-state index contributed by atoms with van der Waals surface area (Å²) in [5.41, 5.74) is 1.66. The summed E-state index contributed by atoms with van der Waals surface area (Å²) in [6.45, 7) is 1.66. The van der Waals surface area contributed by atoms with Crippen molar-refractivity contribution in [2.45, 2.75) is 22.8 Å². The molecule has 0 bridgehead atoms. The molecule has 2 heterocycles. The van der Waals surface area contributed by atoms with E-state index in [9.17, 15) is 26.2 Å². The van der Waals surface area contributed by atoms with Gasteiger partial charge in [0.15, 0.2) is 0 Å². The van der Waals surface area contributed by atoms with Gasteiger partial charge in [-0.3, -0.25) is 13.9 Å². The van der Waals surface area contributed by atoms with Crippen molar-refractivity contribution >= 4 is 37.5 Å². The van der Waals surface area contributed by atoms with E-state index >= 15 is 0 Å². The summed E-state index contributed by atoms with van der Waals surface area (Å²) in [7, 11) is -7.03. The minimum Gasteiger partial charge on any atom is -0.459 e. The Labute approximate surface area is 207 Å². The largest absolute Gasteiger partial charge is 0.459 e. The number of fused-ring (bicyclic) bond motifs is 1. The van der Waals surface area contributed by atoms with Crippen LogP contribution >= 0.6 is 0 Å². The van der Waals surface area contributed by atoms with Crippen molar-refractivity contribution in [2.75, 3.05) is 12.1 Å². The number of benzene rings is 2. The molecule has 1 atom stereocenters. The Morgan fingerprint density at radius 1 is 0.972 bits per heavy atom. The summed E-state index contributed by atoms with van der Waals surface area (Å²) in [5, 5.41) is 8.37. The zero-order chi connectivity index (χ0) is 26.3. The van der Waals surface area contributed by atoms with Crippen molar-refractivity contribution in [1.29, 1.82) is 0 Å². The summed E-state index contributed by atoms with van der Waals surface area (Å²) in [6.07, 6.45) is 6.49. The molecule has 188 valence electrons. The lowest BCUT2D eigenvalue weighted by Gasteiger charge is -2.11. The van der Waals surface area contributed by atoms with E-state index in [1.165, 1.54) is 42.5 Å². The summed E-state index contributed by atoms with van der Waals surface area (Å²) < 4.78 is 69.5. The molecular weight excluding hydrogens is 510 g/mol. The fourth-order valence-electron chi connectivity index (χ4n) is 3.72. The van der Waals surface area contributed by atoms with Crippen molar-refractivity contribution in [3.63, 3.8) is 0 Å². The highest BCUT2D eigenvalue weighted by Crippen LogP contribution is 2.40. The molecular formula is C23H21N3O8S2. The number of rotatable bonds is 6. The van der Waals surface area contributed by atoms with Crippen LogP contribution in [0.1, 0.15) is 18.5 Å². The van der Waals surface area contributed by atoms with Crippen molar-refractivity contribution in [3.8, 4) is 5.75 Å². The van der Waals surface area contributed by atoms with Crippen molar-refractivity contribution < 1.29 is 35.5 Å². The summed E-state index contributed by atoms with van der Waals surface area (Å²) in [4.78, 5) is 12.3. The fraction of sp³-hybridized carbons (Fsp3) is 0.130. The van der Waals surface area contributed by atoms with Gasteiger partial charge in [0.25, 0.3) is 26.1 Å². The van der Waals surface area contributed by atoms with Crippen LogP contribution in [0.2, 0.25) is 0 Å². The van der Waals surface area contributed by atoms with Crippen LogP contribution in [-0.4, -0.2) is 44.6 Å². The molecule has 0 aromatic heterocycles. The van der Waals surface area contributed by atoms with Gasteiger partial charge in [-0.25, -0.2) is 0 Å². The number of nitrogens with zero attached hydrogens (tertiary/aromatic N) is 2. The maximum absolute atomic E-state index is 12.8. The molecule has 2 aromatic carbocycles. The van der Waals surface area contributed by atoms with Gasteiger partial charge in [0.2, 0.25) is 0 Å². The van der Waals surface area contributed by atoms with Crippen molar-refractivity contribution in [2.24, 2.45) is 5.10 Å². The lowest BCUT2D eigenvalue weighted by molar-refractivity contribution is -0.114. The SMILES string of the molecule is CNC1/C(=C/C=C/C=C2/C(=O)N(c3ccc(S(=O)(=O)O)cc3)N=C2C)Oc2ccc(S(=O)(=O)O)cc21. The minimum absolute atomic E-state index is 0.238. The average molecular weight is 532 g/mol. The molecule has 2 aliphatic rings. The van der Waals surface area contributed by atoms with E-state index in [-0.39, 0.29) is 9.79 Å². The fourth-order valence-corrected chi connectivity index (χ4v) is 4.72. The third-order valence-corrected chi connectivity index (χ3v) is 7.18. The summed E-state index contributed by atoms with van der Waals surface area (Å²) in [5.74, 6) is 0.516. The molecule has 11 nitrogen and oxygen atoms in total. The van der Waals surface area contributed by atoms with Gasteiger partial charge in [-0.05, 0) is 68.6 Å². The minimum atomic E-state index is -4.36. The number of hydrazone groups is 1. The first kappa shape index (κ1) is 25.5. The Kier molecular flexibility index (Phi) is 6.68. The van der Waals surface area contributed by atoms with Crippen LogP contribution in [0.15, 0.2) is 93.0 Å². The third-order valence-electron chi connectivity index (χ3n) is 5.47. The van der Waals surface area contributed by atoms with Gasteiger partial charge < -0.3 is 10.1 Å². The van der Waals surface area contributed by atoms with Gasteiger partial charge in [-0.1, -0.05) is 12.2 Å². The summed E-state index contributed by atoms with van der Waals surface area (Å²) in [6, 6.07) is 8.68. The standard InChI is InChI=1S/C23H21N3O8S2/c1-14-18(23(27)26(25-14)15-7-9-16(10-8-15)35(28,29)30)5-3-4-6-21-22(24-2)19-13-17(36(31,32)33)11-12-20(19)34-21/h3-13,22,24H,1-2H3,(H,28,29,30)(H,31,32,33)/b4-3+,18-5+,21-6-. The van der Waals surface area contributed by atoms with Crippen LogP contribution in [-0.2, 0) is 25.0 Å². The van der Waals surface area contributed by atoms with Crippen LogP contribution in [0.4, 0.5) is 5.69 Å². The number of amides is 1. The highest BCUT2D eigenvalue weighted by molar-refractivity contribution is 7.86. The molecule has 0 radical (unpaired) electrons. The molecule has 2 aliphatic heterocycles. The number of anilines is 1. The Hall–Kier alpha value is -3.62. The van der Waals surface area contributed by atoms with E-state index in [1.54, 1.807) is 38.3 Å². The Morgan fingerprint density at radius 2 is 1.58 bits per heavy atom. The highest BCUT2D eigenvalue weighted by Gasteiger charge is 2.30. The van der Waals surface area contributed by atoms with Crippen LogP contribution in [0.25, 0.3) is 0 Å². The molecule has 0 aliphatic carbocycles. The second-order valence-corrected chi connectivity index (χ2v) is 10.6. The molecule has 36 heavy (non-hydrogen) atoms. The normalized spacial score (nSPS) is 20.3. The molecule has 0 saturated heterocycles. The monoisotopic (exact) mass is 531 g/mol. The zero-order valence-electron chi connectivity index (χ0n) is 19.0. The number of ether oxygens (including phenoxy) is 1. The Balaban J connectivity index is 1.51. The smallest absolute Gasteiger partial charge is 0.294 e. The molecule has 0 saturated carbocycles. The molecule has 0 fully saturated rings. The van der Waals surface area contributed by atoms with Gasteiger partial charge in [0, 0.05) is 5.56 Å². The van der Waals surface area contributed by atoms with Crippen LogP contribution in [0.3, 0.4) is 0 Å². The molecule has 4 rings (SSSR count). The van der Waals surface area contributed by atoms with Crippen LogP contribution in [0.5, 0.6) is 5.75 Å². The first-order valence-corrected chi connectivity index (χ1v) is 13.3. The molecule has 0 spiro atoms. The number of allylic oxidation sites excluding steroid dienone is 4. The highest BCUT2D eigenvalue weighted by atomic mass is 32.2. The maximum Gasteiger partial charge on any atom is 0.294 e. The average Bonchev–Trinajstić information content (AvgIpc) is 3.31. The summed E-state index contributed by atoms with van der Waals surface area (Å²) >= 11 is 0. The Bertz CT molecular complexity index is 1570. The number of hydrogen-bond acceptors (Lipinski definition) is 8. The molecule has 13 heteroatoms. The number of hydrogen-bond donors (Lipinski definition) is 3. The van der Waals surface area contributed by atoms with E-state index in [0.717, 1.165) is 5.01 Å². The van der Waals surface area contributed by atoms with E-state index < -0.39 is 32.2 Å². The number of carbonyl (C=O) groups is 1. The predicted molar refractivity (Wildman–Crippen MR) is 131 cm³/mol. The van der Waals surface area contributed by atoms with E-state index in [4.69, 9.17) is 9.29 Å². The molecule has 1 unspecified atom stereocenters. The number of nitrogens with one attached hydrogen (secondary N) is 1. The zero-order valence-corrected chi connectivity index (χ0v) is 20.6. The van der Waals surface area contributed by atoms with Gasteiger partial charge in [-0.2, -0.15) is 26.9 Å². The van der Waals surface area contributed by atoms with E-state index in [2.05, 4.69) is 10.4 Å².